The van der Waals surface area contributed by atoms with Gasteiger partial charge in [-0.2, -0.15) is 13.2 Å². The largest absolute Gasteiger partial charge is 0.491 e. The van der Waals surface area contributed by atoms with E-state index < -0.39 is 25.5 Å². The number of halogens is 3. The number of rotatable bonds is 7. The van der Waals surface area contributed by atoms with E-state index in [9.17, 15) is 18.3 Å². The molecule has 1 fully saturated rings. The van der Waals surface area contributed by atoms with Crippen molar-refractivity contribution >= 4 is 0 Å². The fraction of sp³-hybridized carbons (Fsp3) is 0.600. The smallest absolute Gasteiger partial charge is 0.411 e. The fourth-order valence-corrected chi connectivity index (χ4v) is 2.13. The summed E-state index contributed by atoms with van der Waals surface area (Å²) in [6, 6.07) is 7.62. The molecule has 1 aliphatic rings. The van der Waals surface area contributed by atoms with Crippen LogP contribution in [-0.2, 0) is 4.74 Å². The zero-order valence-electron chi connectivity index (χ0n) is 11.6. The fourth-order valence-electron chi connectivity index (χ4n) is 2.13. The third-order valence-corrected chi connectivity index (χ3v) is 3.48. The lowest BCUT2D eigenvalue weighted by Gasteiger charge is -2.25. The predicted octanol–water partition coefficient (Wildman–Crippen LogP) is 3.27. The number of alkyl halides is 3. The van der Waals surface area contributed by atoms with Crippen LogP contribution in [0.3, 0.4) is 0 Å². The molecule has 1 aromatic rings. The maximum atomic E-state index is 11.9. The van der Waals surface area contributed by atoms with Crippen molar-refractivity contribution < 1.29 is 27.8 Å². The third-order valence-electron chi connectivity index (χ3n) is 3.48. The summed E-state index contributed by atoms with van der Waals surface area (Å²) in [4.78, 5) is 0. The zero-order chi connectivity index (χ0) is 15.3. The molecule has 0 spiro atoms. The zero-order valence-corrected chi connectivity index (χ0v) is 11.6. The molecule has 1 aromatic carbocycles. The Morgan fingerprint density at radius 2 is 1.81 bits per heavy atom. The van der Waals surface area contributed by atoms with Crippen LogP contribution in [0.25, 0.3) is 0 Å². The molecular weight excluding hydrogens is 285 g/mol. The Morgan fingerprint density at radius 3 is 2.33 bits per heavy atom. The summed E-state index contributed by atoms with van der Waals surface area (Å²) in [5, 5.41) is 9.48. The van der Waals surface area contributed by atoms with Gasteiger partial charge in [-0.15, -0.1) is 0 Å². The Balaban J connectivity index is 1.67. The van der Waals surface area contributed by atoms with E-state index in [1.54, 1.807) is 0 Å². The normalized spacial score (nSPS) is 17.3. The molecule has 118 valence electrons. The Kier molecular flexibility index (Phi) is 5.47. The van der Waals surface area contributed by atoms with Gasteiger partial charge in [0.25, 0.3) is 0 Å². The van der Waals surface area contributed by atoms with Crippen LogP contribution in [0.1, 0.15) is 30.7 Å². The lowest BCUT2D eigenvalue weighted by molar-refractivity contribution is -0.179. The van der Waals surface area contributed by atoms with Gasteiger partial charge in [-0.05, 0) is 36.5 Å². The number of hydrogen-bond donors (Lipinski definition) is 1. The van der Waals surface area contributed by atoms with E-state index in [1.807, 2.05) is 24.3 Å². The highest BCUT2D eigenvalue weighted by Gasteiger charge is 2.27. The van der Waals surface area contributed by atoms with Crippen LogP contribution in [0.4, 0.5) is 13.2 Å². The molecule has 3 nitrogen and oxygen atoms in total. The predicted molar refractivity (Wildman–Crippen MR) is 71.4 cm³/mol. The van der Waals surface area contributed by atoms with Gasteiger partial charge in [0.2, 0.25) is 0 Å². The standard InChI is InChI=1S/C15H19F3O3/c16-15(17,18)10-20-8-13(19)9-21-14-6-4-12(5-7-14)11-2-1-3-11/h4-7,11,13,19H,1-3,8-10H2. The maximum Gasteiger partial charge on any atom is 0.411 e. The number of hydrogen-bond acceptors (Lipinski definition) is 3. The van der Waals surface area contributed by atoms with Gasteiger partial charge >= 0.3 is 6.18 Å². The molecule has 21 heavy (non-hydrogen) atoms. The molecule has 1 aliphatic carbocycles. The average Bonchev–Trinajstić information content (AvgIpc) is 2.34. The van der Waals surface area contributed by atoms with Crippen molar-refractivity contribution in [3.63, 3.8) is 0 Å². The van der Waals surface area contributed by atoms with Crippen molar-refractivity contribution in [3.05, 3.63) is 29.8 Å². The van der Waals surface area contributed by atoms with Gasteiger partial charge in [0, 0.05) is 0 Å². The van der Waals surface area contributed by atoms with E-state index in [0.717, 1.165) is 0 Å². The van der Waals surface area contributed by atoms with Crippen LogP contribution in [0.2, 0.25) is 0 Å². The SMILES string of the molecule is OC(COCC(F)(F)F)COc1ccc(C2CCC2)cc1. The van der Waals surface area contributed by atoms with E-state index in [2.05, 4.69) is 4.74 Å². The highest BCUT2D eigenvalue weighted by Crippen LogP contribution is 2.36. The molecule has 0 aromatic heterocycles. The van der Waals surface area contributed by atoms with E-state index in [-0.39, 0.29) is 6.61 Å². The molecule has 1 N–H and O–H groups in total. The number of aliphatic hydroxyl groups excluding tert-OH is 1. The van der Waals surface area contributed by atoms with Crippen LogP contribution in [0.15, 0.2) is 24.3 Å². The molecule has 0 bridgehead atoms. The molecule has 0 radical (unpaired) electrons. The van der Waals surface area contributed by atoms with Gasteiger partial charge < -0.3 is 14.6 Å². The summed E-state index contributed by atoms with van der Waals surface area (Å²) in [6.07, 6.45) is -1.76. The van der Waals surface area contributed by atoms with E-state index in [1.165, 1.54) is 24.8 Å². The lowest BCUT2D eigenvalue weighted by Crippen LogP contribution is -2.27. The highest BCUT2D eigenvalue weighted by molar-refractivity contribution is 5.30. The van der Waals surface area contributed by atoms with Crippen LogP contribution in [0, 0.1) is 0 Å². The second kappa shape index (κ2) is 7.13. The molecule has 1 unspecified atom stereocenters. The van der Waals surface area contributed by atoms with Crippen LogP contribution in [-0.4, -0.2) is 37.2 Å². The van der Waals surface area contributed by atoms with Gasteiger partial charge in [0.15, 0.2) is 0 Å². The first-order valence-corrected chi connectivity index (χ1v) is 6.99. The average molecular weight is 304 g/mol. The topological polar surface area (TPSA) is 38.7 Å². The van der Waals surface area contributed by atoms with Crippen molar-refractivity contribution in [2.75, 3.05) is 19.8 Å². The number of benzene rings is 1. The summed E-state index contributed by atoms with van der Waals surface area (Å²) in [5.74, 6) is 1.23. The molecule has 6 heteroatoms. The molecule has 1 saturated carbocycles. The molecule has 1 atom stereocenters. The minimum absolute atomic E-state index is 0.0966. The Bertz CT molecular complexity index is 427. The third kappa shape index (κ3) is 5.55. The number of aliphatic hydroxyl groups is 1. The van der Waals surface area contributed by atoms with Crippen molar-refractivity contribution in [2.24, 2.45) is 0 Å². The van der Waals surface area contributed by atoms with Crippen molar-refractivity contribution in [2.45, 2.75) is 37.5 Å². The minimum atomic E-state index is -4.38. The van der Waals surface area contributed by atoms with Gasteiger partial charge in [0.1, 0.15) is 25.1 Å². The van der Waals surface area contributed by atoms with Crippen molar-refractivity contribution in [3.8, 4) is 5.75 Å². The lowest BCUT2D eigenvalue weighted by atomic mass is 9.80. The van der Waals surface area contributed by atoms with Crippen LogP contribution >= 0.6 is 0 Å². The number of ether oxygens (including phenoxy) is 2. The second-order valence-electron chi connectivity index (χ2n) is 5.29. The summed E-state index contributed by atoms with van der Waals surface area (Å²) >= 11 is 0. The Morgan fingerprint density at radius 1 is 1.14 bits per heavy atom. The highest BCUT2D eigenvalue weighted by atomic mass is 19.4. The summed E-state index contributed by atoms with van der Waals surface area (Å²) in [7, 11) is 0. The monoisotopic (exact) mass is 304 g/mol. The molecule has 0 amide bonds. The summed E-state index contributed by atoms with van der Waals surface area (Å²) in [5.41, 5.74) is 1.28. The van der Waals surface area contributed by atoms with Crippen LogP contribution < -0.4 is 4.74 Å². The maximum absolute atomic E-state index is 11.9. The first kappa shape index (κ1) is 16.1. The van der Waals surface area contributed by atoms with Crippen molar-refractivity contribution in [1.29, 1.82) is 0 Å². The van der Waals surface area contributed by atoms with Crippen LogP contribution in [0.5, 0.6) is 5.75 Å². The first-order chi connectivity index (χ1) is 9.94. The molecule has 0 heterocycles. The molecule has 0 aliphatic heterocycles. The van der Waals surface area contributed by atoms with Gasteiger partial charge in [-0.25, -0.2) is 0 Å². The van der Waals surface area contributed by atoms with Gasteiger partial charge in [0.05, 0.1) is 6.61 Å². The van der Waals surface area contributed by atoms with Crippen molar-refractivity contribution in [1.82, 2.24) is 0 Å². The summed E-state index contributed by atoms with van der Waals surface area (Å²) < 4.78 is 45.3. The van der Waals surface area contributed by atoms with E-state index >= 15 is 0 Å². The Labute approximate surface area is 121 Å². The Hall–Kier alpha value is -1.27. The molecular formula is C15H19F3O3. The quantitative estimate of drug-likeness (QED) is 0.840. The van der Waals surface area contributed by atoms with E-state index in [0.29, 0.717) is 11.7 Å². The molecule has 2 rings (SSSR count). The minimum Gasteiger partial charge on any atom is -0.491 e. The van der Waals surface area contributed by atoms with Gasteiger partial charge in [-0.1, -0.05) is 18.6 Å². The van der Waals surface area contributed by atoms with E-state index in [4.69, 9.17) is 4.74 Å². The van der Waals surface area contributed by atoms with Gasteiger partial charge in [-0.3, -0.25) is 0 Å². The summed E-state index contributed by atoms with van der Waals surface area (Å²) in [6.45, 7) is -1.86. The molecule has 0 saturated heterocycles. The second-order valence-corrected chi connectivity index (χ2v) is 5.29. The first-order valence-electron chi connectivity index (χ1n) is 6.99.